The van der Waals surface area contributed by atoms with Gasteiger partial charge in [-0.3, -0.25) is 14.9 Å². The third kappa shape index (κ3) is 4.08. The molecule has 126 valence electrons. The van der Waals surface area contributed by atoms with Crippen LogP contribution in [0.4, 0.5) is 11.4 Å². The van der Waals surface area contributed by atoms with Crippen LogP contribution in [0, 0.1) is 10.1 Å². The molecular weight excluding hydrogens is 310 g/mol. The van der Waals surface area contributed by atoms with Crippen LogP contribution in [0.25, 0.3) is 0 Å². The molecule has 0 heterocycles. The minimum absolute atomic E-state index is 0.0558. The molecule has 0 atom stereocenters. The van der Waals surface area contributed by atoms with Crippen molar-refractivity contribution < 1.29 is 14.5 Å². The van der Waals surface area contributed by atoms with Crippen molar-refractivity contribution in [2.45, 2.75) is 6.42 Å². The van der Waals surface area contributed by atoms with Gasteiger partial charge in [-0.15, -0.1) is 0 Å². The summed E-state index contributed by atoms with van der Waals surface area (Å²) in [6.07, 6.45) is 0.717. The van der Waals surface area contributed by atoms with Gasteiger partial charge in [0, 0.05) is 24.7 Å². The summed E-state index contributed by atoms with van der Waals surface area (Å²) in [7, 11) is 1.63. The largest absolute Gasteiger partial charge is 0.491 e. The van der Waals surface area contributed by atoms with Gasteiger partial charge in [0.15, 0.2) is 0 Å². The number of hydrogen-bond donors (Lipinski definition) is 1. The quantitative estimate of drug-likeness (QED) is 0.478. The number of anilines is 1. The second-order valence-electron chi connectivity index (χ2n) is 5.13. The third-order valence-electron chi connectivity index (χ3n) is 3.46. The standard InChI is InChI=1S/C17H19N3O4/c1-19(15-5-2-3-6-16(15)24-12-4-11-18)17(21)13-7-9-14(10-8-13)20(22)23/h2-3,5-10H,4,11-12,18H2,1H3. The number of non-ortho nitro benzene ring substituents is 1. The van der Waals surface area contributed by atoms with E-state index in [4.69, 9.17) is 10.5 Å². The molecule has 2 aromatic carbocycles. The average Bonchev–Trinajstić information content (AvgIpc) is 2.61. The van der Waals surface area contributed by atoms with Crippen LogP contribution in [-0.4, -0.2) is 31.0 Å². The van der Waals surface area contributed by atoms with Crippen LogP contribution in [0.3, 0.4) is 0 Å². The number of hydrogen-bond acceptors (Lipinski definition) is 5. The summed E-state index contributed by atoms with van der Waals surface area (Å²) in [6, 6.07) is 12.7. The normalized spacial score (nSPS) is 10.2. The number of amides is 1. The van der Waals surface area contributed by atoms with Crippen LogP contribution >= 0.6 is 0 Å². The Hall–Kier alpha value is -2.93. The van der Waals surface area contributed by atoms with E-state index in [1.807, 2.05) is 12.1 Å². The molecular formula is C17H19N3O4. The number of nitrogens with two attached hydrogens (primary N) is 1. The molecule has 0 aliphatic heterocycles. The molecule has 1 amide bonds. The Morgan fingerprint density at radius 1 is 1.21 bits per heavy atom. The van der Waals surface area contributed by atoms with Crippen molar-refractivity contribution in [3.05, 3.63) is 64.2 Å². The molecule has 0 bridgehead atoms. The highest BCUT2D eigenvalue weighted by atomic mass is 16.6. The molecule has 2 rings (SSSR count). The minimum atomic E-state index is -0.501. The van der Waals surface area contributed by atoms with Crippen molar-refractivity contribution in [1.29, 1.82) is 0 Å². The Morgan fingerprint density at radius 2 is 1.88 bits per heavy atom. The maximum atomic E-state index is 12.6. The average molecular weight is 329 g/mol. The summed E-state index contributed by atoms with van der Waals surface area (Å²) >= 11 is 0. The third-order valence-corrected chi connectivity index (χ3v) is 3.46. The molecule has 0 radical (unpaired) electrons. The Kier molecular flexibility index (Phi) is 5.86. The molecule has 0 fully saturated rings. The molecule has 0 aliphatic carbocycles. The van der Waals surface area contributed by atoms with Crippen molar-refractivity contribution in [3.8, 4) is 5.75 Å². The van der Waals surface area contributed by atoms with Gasteiger partial charge in [-0.25, -0.2) is 0 Å². The van der Waals surface area contributed by atoms with Gasteiger partial charge in [0.2, 0.25) is 0 Å². The first kappa shape index (κ1) is 17.4. The van der Waals surface area contributed by atoms with Gasteiger partial charge in [-0.1, -0.05) is 12.1 Å². The molecule has 0 unspecified atom stereocenters. The van der Waals surface area contributed by atoms with E-state index in [-0.39, 0.29) is 11.6 Å². The van der Waals surface area contributed by atoms with Gasteiger partial charge in [-0.2, -0.15) is 0 Å². The van der Waals surface area contributed by atoms with E-state index >= 15 is 0 Å². The highest BCUT2D eigenvalue weighted by Crippen LogP contribution is 2.28. The number of para-hydroxylation sites is 2. The Labute approximate surface area is 139 Å². The molecule has 0 aliphatic rings. The smallest absolute Gasteiger partial charge is 0.269 e. The maximum Gasteiger partial charge on any atom is 0.269 e. The summed E-state index contributed by atoms with van der Waals surface area (Å²) in [4.78, 5) is 24.2. The van der Waals surface area contributed by atoms with Crippen LogP contribution in [0.2, 0.25) is 0 Å². The number of nitro groups is 1. The molecule has 0 aromatic heterocycles. The van der Waals surface area contributed by atoms with Crippen LogP contribution in [0.15, 0.2) is 48.5 Å². The predicted octanol–water partition coefficient (Wildman–Crippen LogP) is 2.60. The lowest BCUT2D eigenvalue weighted by molar-refractivity contribution is -0.384. The van der Waals surface area contributed by atoms with E-state index in [1.54, 1.807) is 19.2 Å². The second-order valence-corrected chi connectivity index (χ2v) is 5.13. The van der Waals surface area contributed by atoms with Gasteiger partial charge in [0.25, 0.3) is 11.6 Å². The van der Waals surface area contributed by atoms with E-state index in [2.05, 4.69) is 0 Å². The van der Waals surface area contributed by atoms with Gasteiger partial charge < -0.3 is 15.4 Å². The molecule has 7 heteroatoms. The number of carbonyl (C=O) groups excluding carboxylic acids is 1. The van der Waals surface area contributed by atoms with E-state index in [9.17, 15) is 14.9 Å². The molecule has 2 aromatic rings. The maximum absolute atomic E-state index is 12.6. The van der Waals surface area contributed by atoms with Crippen LogP contribution < -0.4 is 15.4 Å². The van der Waals surface area contributed by atoms with E-state index in [1.165, 1.54) is 29.2 Å². The Bertz CT molecular complexity index is 716. The molecule has 0 spiro atoms. The zero-order valence-electron chi connectivity index (χ0n) is 13.3. The predicted molar refractivity (Wildman–Crippen MR) is 91.4 cm³/mol. The highest BCUT2D eigenvalue weighted by molar-refractivity contribution is 6.06. The van der Waals surface area contributed by atoms with Crippen molar-refractivity contribution in [2.75, 3.05) is 25.1 Å². The monoisotopic (exact) mass is 329 g/mol. The molecule has 7 nitrogen and oxygen atoms in total. The van der Waals surface area contributed by atoms with E-state index in [0.717, 1.165) is 0 Å². The first-order chi connectivity index (χ1) is 11.5. The Balaban J connectivity index is 2.19. The molecule has 24 heavy (non-hydrogen) atoms. The summed E-state index contributed by atoms with van der Waals surface area (Å²) in [5.74, 6) is 0.309. The lowest BCUT2D eigenvalue weighted by Gasteiger charge is -2.20. The SMILES string of the molecule is CN(C(=O)c1ccc([N+](=O)[O-])cc1)c1ccccc1OCCCN. The van der Waals surface area contributed by atoms with Gasteiger partial charge in [-0.05, 0) is 37.2 Å². The van der Waals surface area contributed by atoms with Crippen molar-refractivity contribution in [3.63, 3.8) is 0 Å². The second kappa shape index (κ2) is 8.07. The first-order valence-corrected chi connectivity index (χ1v) is 7.49. The molecule has 0 saturated carbocycles. The number of nitrogens with zero attached hydrogens (tertiary/aromatic N) is 2. The number of rotatable bonds is 7. The van der Waals surface area contributed by atoms with Crippen LogP contribution in [0.5, 0.6) is 5.75 Å². The summed E-state index contributed by atoms with van der Waals surface area (Å²) in [5, 5.41) is 10.7. The number of benzene rings is 2. The lowest BCUT2D eigenvalue weighted by Crippen LogP contribution is -2.26. The van der Waals surface area contributed by atoms with E-state index in [0.29, 0.717) is 36.6 Å². The molecule has 0 saturated heterocycles. The summed E-state index contributed by atoms with van der Waals surface area (Å²) < 4.78 is 5.67. The topological polar surface area (TPSA) is 98.7 Å². The van der Waals surface area contributed by atoms with Gasteiger partial charge in [0.05, 0.1) is 17.2 Å². The fourth-order valence-electron chi connectivity index (χ4n) is 2.15. The van der Waals surface area contributed by atoms with Crippen molar-refractivity contribution in [2.24, 2.45) is 5.73 Å². The van der Waals surface area contributed by atoms with Gasteiger partial charge >= 0.3 is 0 Å². The fourth-order valence-corrected chi connectivity index (χ4v) is 2.15. The van der Waals surface area contributed by atoms with E-state index < -0.39 is 4.92 Å². The highest BCUT2D eigenvalue weighted by Gasteiger charge is 2.18. The molecule has 2 N–H and O–H groups in total. The minimum Gasteiger partial charge on any atom is -0.491 e. The zero-order valence-corrected chi connectivity index (χ0v) is 13.3. The van der Waals surface area contributed by atoms with Crippen LogP contribution in [-0.2, 0) is 0 Å². The number of ether oxygens (including phenoxy) is 1. The fraction of sp³-hybridized carbons (Fsp3) is 0.235. The summed E-state index contributed by atoms with van der Waals surface area (Å²) in [5.41, 5.74) is 6.38. The Morgan fingerprint density at radius 3 is 2.50 bits per heavy atom. The zero-order chi connectivity index (χ0) is 17.5. The van der Waals surface area contributed by atoms with Crippen LogP contribution in [0.1, 0.15) is 16.8 Å². The van der Waals surface area contributed by atoms with Gasteiger partial charge in [0.1, 0.15) is 5.75 Å². The number of nitro benzene ring substituents is 1. The summed E-state index contributed by atoms with van der Waals surface area (Å²) in [6.45, 7) is 0.993. The number of carbonyl (C=O) groups is 1. The van der Waals surface area contributed by atoms with Crippen molar-refractivity contribution >= 4 is 17.3 Å². The first-order valence-electron chi connectivity index (χ1n) is 7.49. The van der Waals surface area contributed by atoms with Crippen molar-refractivity contribution in [1.82, 2.24) is 0 Å². The lowest BCUT2D eigenvalue weighted by atomic mass is 10.1.